The minimum absolute atomic E-state index is 0.0554. The molecule has 1 aromatic carbocycles. The number of ether oxygens (including phenoxy) is 5. The number of aromatic nitrogens is 1. The third-order valence-corrected chi connectivity index (χ3v) is 11.9. The first kappa shape index (κ1) is 37.3. The molecule has 12 nitrogen and oxygen atoms in total. The zero-order valence-corrected chi connectivity index (χ0v) is 30.8. The fourth-order valence-corrected chi connectivity index (χ4v) is 9.41. The summed E-state index contributed by atoms with van der Waals surface area (Å²) >= 11 is 0. The average Bonchev–Trinajstić information content (AvgIpc) is 3.89. The van der Waals surface area contributed by atoms with Crippen LogP contribution in [0.5, 0.6) is 0 Å². The molecule has 1 saturated heterocycles. The number of epoxide rings is 1. The minimum Gasteiger partial charge on any atom is -0.462 e. The van der Waals surface area contributed by atoms with E-state index < -0.39 is 76.6 Å². The molecule has 52 heavy (non-hydrogen) atoms. The van der Waals surface area contributed by atoms with Crippen molar-refractivity contribution in [3.63, 3.8) is 0 Å². The molecular weight excluding hydrogens is 668 g/mol. The van der Waals surface area contributed by atoms with Gasteiger partial charge < -0.3 is 29.0 Å². The summed E-state index contributed by atoms with van der Waals surface area (Å²) in [4.78, 5) is 71.6. The summed E-state index contributed by atoms with van der Waals surface area (Å²) in [7, 11) is 1.78. The van der Waals surface area contributed by atoms with Crippen LogP contribution in [0.3, 0.4) is 0 Å². The van der Waals surface area contributed by atoms with E-state index in [0.717, 1.165) is 5.56 Å². The summed E-state index contributed by atoms with van der Waals surface area (Å²) in [6.45, 7) is 10.2. The first-order valence-electron chi connectivity index (χ1n) is 17.9. The number of pyridine rings is 1. The number of hydrogen-bond acceptors (Lipinski definition) is 12. The Kier molecular flexibility index (Phi) is 10.2. The van der Waals surface area contributed by atoms with E-state index in [1.54, 1.807) is 26.1 Å². The van der Waals surface area contributed by atoms with E-state index in [1.165, 1.54) is 26.2 Å². The maximum Gasteiger partial charge on any atom is 0.340 e. The van der Waals surface area contributed by atoms with Crippen LogP contribution in [-0.2, 0) is 42.9 Å². The molecule has 2 bridgehead atoms. The highest BCUT2D eigenvalue weighted by molar-refractivity contribution is 5.97. The van der Waals surface area contributed by atoms with Crippen molar-refractivity contribution in [2.45, 2.75) is 103 Å². The Hall–Kier alpha value is -4.42. The van der Waals surface area contributed by atoms with Crippen molar-refractivity contribution in [3.05, 3.63) is 77.1 Å². The number of carbonyl (C=O) groups is 5. The summed E-state index contributed by atoms with van der Waals surface area (Å²) in [6.07, 6.45) is -0.349. The molecule has 2 heterocycles. The Bertz CT molecular complexity index is 1750. The quantitative estimate of drug-likeness (QED) is 0.214. The zero-order chi connectivity index (χ0) is 37.6. The van der Waals surface area contributed by atoms with Gasteiger partial charge in [0.15, 0.2) is 11.9 Å². The second-order valence-corrected chi connectivity index (χ2v) is 15.4. The third-order valence-electron chi connectivity index (χ3n) is 11.9. The number of benzene rings is 1. The number of carbonyl (C=O) groups excluding carboxylic acids is 5. The van der Waals surface area contributed by atoms with Crippen LogP contribution in [0.25, 0.3) is 0 Å². The Morgan fingerprint density at radius 1 is 0.981 bits per heavy atom. The molecule has 9 atom stereocenters. The van der Waals surface area contributed by atoms with Gasteiger partial charge in [-0.05, 0) is 61.1 Å². The number of fused-ring (bicyclic) bond motifs is 4. The van der Waals surface area contributed by atoms with E-state index in [4.69, 9.17) is 23.7 Å². The van der Waals surface area contributed by atoms with Crippen molar-refractivity contribution >= 4 is 29.7 Å². The number of ketones is 1. The summed E-state index contributed by atoms with van der Waals surface area (Å²) in [5.74, 6) is -3.85. The molecule has 1 aliphatic heterocycles. The second-order valence-electron chi connectivity index (χ2n) is 15.4. The van der Waals surface area contributed by atoms with Gasteiger partial charge in [-0.25, -0.2) is 4.79 Å². The Balaban J connectivity index is 1.48. The van der Waals surface area contributed by atoms with Gasteiger partial charge >= 0.3 is 23.9 Å². The topological polar surface area (TPSA) is 160 Å². The van der Waals surface area contributed by atoms with Gasteiger partial charge in [0.1, 0.15) is 23.9 Å². The summed E-state index contributed by atoms with van der Waals surface area (Å²) < 4.78 is 31.6. The van der Waals surface area contributed by atoms with E-state index in [0.29, 0.717) is 24.0 Å². The van der Waals surface area contributed by atoms with Crippen LogP contribution in [0.1, 0.15) is 89.2 Å². The van der Waals surface area contributed by atoms with Gasteiger partial charge in [-0.1, -0.05) is 51.1 Å². The molecule has 278 valence electrons. The molecule has 3 aliphatic carbocycles. The molecule has 1 spiro atoms. The Morgan fingerprint density at radius 2 is 1.67 bits per heavy atom. The van der Waals surface area contributed by atoms with Crippen molar-refractivity contribution in [3.8, 4) is 0 Å². The van der Waals surface area contributed by atoms with Gasteiger partial charge in [-0.2, -0.15) is 0 Å². The summed E-state index contributed by atoms with van der Waals surface area (Å²) in [6, 6.07) is 12.5. The van der Waals surface area contributed by atoms with E-state index in [2.05, 4.69) is 10.3 Å². The number of allylic oxidation sites excluding steroid dienone is 1. The predicted octanol–water partition coefficient (Wildman–Crippen LogP) is 4.86. The molecular formula is C40H48N2O10. The molecule has 2 saturated carbocycles. The fraction of sp³-hybridized carbons (Fsp3) is 0.550. The van der Waals surface area contributed by atoms with Crippen molar-refractivity contribution in [1.29, 1.82) is 0 Å². The lowest BCUT2D eigenvalue weighted by Crippen LogP contribution is -2.68. The van der Waals surface area contributed by atoms with Gasteiger partial charge in [-0.3, -0.25) is 24.2 Å². The van der Waals surface area contributed by atoms with Crippen LogP contribution >= 0.6 is 0 Å². The molecule has 4 aliphatic rings. The first-order chi connectivity index (χ1) is 24.6. The lowest BCUT2D eigenvalue weighted by molar-refractivity contribution is -0.220. The first-order valence-corrected chi connectivity index (χ1v) is 17.9. The minimum atomic E-state index is -1.17. The molecule has 0 radical (unpaired) electrons. The number of nitrogens with zero attached hydrogens (tertiary/aromatic N) is 1. The van der Waals surface area contributed by atoms with Gasteiger partial charge in [0.2, 0.25) is 0 Å². The second kappa shape index (κ2) is 14.2. The maximum absolute atomic E-state index is 14.0. The number of nitrogens with one attached hydrogen (secondary N) is 1. The monoisotopic (exact) mass is 716 g/mol. The van der Waals surface area contributed by atoms with Gasteiger partial charge in [0.05, 0.1) is 18.6 Å². The lowest BCUT2D eigenvalue weighted by atomic mass is 9.48. The van der Waals surface area contributed by atoms with E-state index in [1.807, 2.05) is 51.1 Å². The molecule has 1 aromatic heterocycles. The molecule has 0 amide bonds. The van der Waals surface area contributed by atoms with Gasteiger partial charge in [0.25, 0.3) is 0 Å². The van der Waals surface area contributed by atoms with Crippen LogP contribution in [0.2, 0.25) is 0 Å². The number of rotatable bonds is 9. The van der Waals surface area contributed by atoms with Gasteiger partial charge in [0, 0.05) is 56.0 Å². The van der Waals surface area contributed by atoms with Crippen LogP contribution in [0, 0.1) is 22.7 Å². The fourth-order valence-electron chi connectivity index (χ4n) is 9.41. The molecule has 6 rings (SSSR count). The highest BCUT2D eigenvalue weighted by atomic mass is 16.6. The molecule has 12 heteroatoms. The highest BCUT2D eigenvalue weighted by Crippen LogP contribution is 2.65. The number of esters is 4. The van der Waals surface area contributed by atoms with Gasteiger partial charge in [-0.15, -0.1) is 0 Å². The highest BCUT2D eigenvalue weighted by Gasteiger charge is 2.74. The average molecular weight is 717 g/mol. The molecule has 2 aromatic rings. The van der Waals surface area contributed by atoms with E-state index >= 15 is 0 Å². The van der Waals surface area contributed by atoms with Crippen molar-refractivity contribution in [2.75, 3.05) is 13.7 Å². The maximum atomic E-state index is 14.0. The summed E-state index contributed by atoms with van der Waals surface area (Å²) in [5, 5.41) is 3.20. The van der Waals surface area contributed by atoms with Crippen molar-refractivity contribution in [2.24, 2.45) is 22.7 Å². The van der Waals surface area contributed by atoms with Crippen molar-refractivity contribution in [1.82, 2.24) is 10.3 Å². The van der Waals surface area contributed by atoms with Crippen LogP contribution in [0.15, 0.2) is 66.0 Å². The normalized spacial score (nSPS) is 32.4. The predicted molar refractivity (Wildman–Crippen MR) is 186 cm³/mol. The third kappa shape index (κ3) is 6.67. The van der Waals surface area contributed by atoms with Crippen LogP contribution in [0.4, 0.5) is 0 Å². The Labute approximate surface area is 304 Å². The molecule has 0 unspecified atom stereocenters. The Morgan fingerprint density at radius 3 is 2.27 bits per heavy atom. The van der Waals surface area contributed by atoms with Crippen LogP contribution in [-0.4, -0.2) is 78.3 Å². The largest absolute Gasteiger partial charge is 0.462 e. The van der Waals surface area contributed by atoms with Crippen LogP contribution < -0.4 is 5.32 Å². The number of Topliss-reactive ketones (excluding diaryl/α,β-unsaturated/α-hetero) is 1. The van der Waals surface area contributed by atoms with Crippen molar-refractivity contribution < 1.29 is 47.7 Å². The SMILES string of the molecule is CN[C@H](CC(=O)O[C@H]1CC[C@@]2(C)[C@@H](OC(=O)c3cccnc3)[C@H](OC(C)=O)C3=C(C)C(=O)C[C@@H]([C@@H](OC(C)=O)[C@@H]2[C@]12CO2)C3(C)C)c1ccccc1. The van der Waals surface area contributed by atoms with E-state index in [-0.39, 0.29) is 36.8 Å². The standard InChI is InChI=1S/C40H48N2O10/c1-22-29(45)18-27-33(49-23(2)43)35-39(6,16-15-30(40(35)21-48-40)51-31(46)19-28(41-7)25-12-9-8-10-13-25)36(52-37(47)26-14-11-17-42-20-26)34(50-24(3)44)32(22)38(27,4)5/h8-14,17,20,27-28,30,33-36,41H,15-16,18-19,21H2,1-7H3/t27-,28+,30-,33+,34+,35-,36-,39+,40-/m0/s1. The lowest BCUT2D eigenvalue weighted by Gasteiger charge is -2.60. The zero-order valence-electron chi connectivity index (χ0n) is 30.8. The van der Waals surface area contributed by atoms with E-state index in [9.17, 15) is 24.0 Å². The number of hydrogen-bond donors (Lipinski definition) is 1. The smallest absolute Gasteiger partial charge is 0.340 e. The molecule has 1 N–H and O–H groups in total. The summed E-state index contributed by atoms with van der Waals surface area (Å²) in [5.41, 5.74) is -1.09. The molecule has 3 fully saturated rings.